The Labute approximate surface area is 154 Å². The largest absolute Gasteiger partial charge is 0.459 e. The summed E-state index contributed by atoms with van der Waals surface area (Å²) >= 11 is 0. The first-order valence-corrected chi connectivity index (χ1v) is 8.09. The molecule has 0 fully saturated rings. The third kappa shape index (κ3) is 4.21. The number of rotatable bonds is 5. The zero-order valence-corrected chi connectivity index (χ0v) is 15.2. The van der Waals surface area contributed by atoms with Crippen LogP contribution in [-0.2, 0) is 11.3 Å². The van der Waals surface area contributed by atoms with Gasteiger partial charge in [-0.1, -0.05) is 55.5 Å². The van der Waals surface area contributed by atoms with Crippen molar-refractivity contribution in [3.8, 4) is 0 Å². The Morgan fingerprint density at radius 3 is 2.44 bits per heavy atom. The zero-order valence-electron chi connectivity index (χ0n) is 14.4. The number of para-hydroxylation sites is 1. The second-order valence-electron chi connectivity index (χ2n) is 6.17. The lowest BCUT2D eigenvalue weighted by Gasteiger charge is -2.25. The van der Waals surface area contributed by atoms with Crippen molar-refractivity contribution in [3.05, 3.63) is 72.0 Å². The Hall–Kier alpha value is -2.30. The van der Waals surface area contributed by atoms with Gasteiger partial charge in [-0.3, -0.25) is 4.79 Å². The summed E-state index contributed by atoms with van der Waals surface area (Å²) in [4.78, 5) is 14.4. The predicted molar refractivity (Wildman–Crippen MR) is 102 cm³/mol. The first kappa shape index (κ1) is 19.0. The molecule has 1 aromatic heterocycles. The minimum Gasteiger partial charge on any atom is -0.459 e. The van der Waals surface area contributed by atoms with E-state index in [-0.39, 0.29) is 30.3 Å². The standard InChI is InChI=1S/C20H22N2O2.ClH/c1-14(19(21)15-8-4-3-5-9-15)20(23)22(2)13-17-12-16-10-6-7-11-18(16)24-17;/h3-12,14,19H,13,21H2,1-2H3;1H. The van der Waals surface area contributed by atoms with E-state index in [1.165, 1.54) is 0 Å². The Morgan fingerprint density at radius 2 is 1.76 bits per heavy atom. The number of carbonyl (C=O) groups excluding carboxylic acids is 1. The molecular weight excluding hydrogens is 336 g/mol. The van der Waals surface area contributed by atoms with Gasteiger partial charge in [0.25, 0.3) is 0 Å². The summed E-state index contributed by atoms with van der Waals surface area (Å²) in [5.74, 6) is 0.473. The fraction of sp³-hybridized carbons (Fsp3) is 0.250. The van der Waals surface area contributed by atoms with Crippen LogP contribution in [0.1, 0.15) is 24.3 Å². The average Bonchev–Trinajstić information content (AvgIpc) is 3.02. The van der Waals surface area contributed by atoms with Crippen molar-refractivity contribution in [3.63, 3.8) is 0 Å². The third-order valence-corrected chi connectivity index (χ3v) is 4.36. The predicted octanol–water partition coefficient (Wildman–Crippen LogP) is 4.15. The van der Waals surface area contributed by atoms with Gasteiger partial charge in [0.05, 0.1) is 12.5 Å². The first-order valence-electron chi connectivity index (χ1n) is 8.09. The monoisotopic (exact) mass is 358 g/mol. The van der Waals surface area contributed by atoms with Gasteiger partial charge >= 0.3 is 0 Å². The van der Waals surface area contributed by atoms with Gasteiger partial charge in [0, 0.05) is 18.5 Å². The van der Waals surface area contributed by atoms with Crippen LogP contribution in [0.4, 0.5) is 0 Å². The van der Waals surface area contributed by atoms with Crippen LogP contribution in [0, 0.1) is 5.92 Å². The van der Waals surface area contributed by atoms with Crippen molar-refractivity contribution < 1.29 is 9.21 Å². The molecule has 0 saturated heterocycles. The topological polar surface area (TPSA) is 59.5 Å². The smallest absolute Gasteiger partial charge is 0.227 e. The second-order valence-corrected chi connectivity index (χ2v) is 6.17. The molecule has 2 atom stereocenters. The fourth-order valence-electron chi connectivity index (χ4n) is 2.89. The lowest BCUT2D eigenvalue weighted by atomic mass is 9.94. The molecule has 0 aliphatic heterocycles. The SMILES string of the molecule is CC(C(=O)N(C)Cc1cc2ccccc2o1)C(N)c1ccccc1.Cl. The summed E-state index contributed by atoms with van der Waals surface area (Å²) < 4.78 is 5.79. The summed E-state index contributed by atoms with van der Waals surface area (Å²) in [5.41, 5.74) is 8.06. The van der Waals surface area contributed by atoms with E-state index in [1.54, 1.807) is 11.9 Å². The van der Waals surface area contributed by atoms with E-state index in [9.17, 15) is 4.79 Å². The molecule has 2 aromatic carbocycles. The van der Waals surface area contributed by atoms with Crippen molar-refractivity contribution in [2.24, 2.45) is 11.7 Å². The van der Waals surface area contributed by atoms with Crippen LogP contribution < -0.4 is 5.73 Å². The molecule has 1 amide bonds. The number of hydrogen-bond acceptors (Lipinski definition) is 3. The number of nitrogens with two attached hydrogens (primary N) is 1. The van der Waals surface area contributed by atoms with Gasteiger partial charge < -0.3 is 15.1 Å². The van der Waals surface area contributed by atoms with Crippen LogP contribution in [0.5, 0.6) is 0 Å². The highest BCUT2D eigenvalue weighted by Gasteiger charge is 2.25. The molecule has 2 N–H and O–H groups in total. The summed E-state index contributed by atoms with van der Waals surface area (Å²) in [6.45, 7) is 2.30. The molecule has 0 aliphatic rings. The summed E-state index contributed by atoms with van der Waals surface area (Å²) in [6.07, 6.45) is 0. The Balaban J connectivity index is 0.00000225. The highest BCUT2D eigenvalue weighted by Crippen LogP contribution is 2.23. The van der Waals surface area contributed by atoms with E-state index < -0.39 is 0 Å². The molecule has 132 valence electrons. The van der Waals surface area contributed by atoms with E-state index in [0.29, 0.717) is 6.54 Å². The maximum absolute atomic E-state index is 12.7. The molecule has 3 aromatic rings. The molecule has 4 nitrogen and oxygen atoms in total. The highest BCUT2D eigenvalue weighted by molar-refractivity contribution is 5.85. The van der Waals surface area contributed by atoms with Gasteiger partial charge in [0.2, 0.25) is 5.91 Å². The number of benzene rings is 2. The summed E-state index contributed by atoms with van der Waals surface area (Å²) in [7, 11) is 1.78. The minimum atomic E-state index is -0.322. The molecule has 25 heavy (non-hydrogen) atoms. The van der Waals surface area contributed by atoms with E-state index in [4.69, 9.17) is 10.2 Å². The van der Waals surface area contributed by atoms with Gasteiger partial charge in [-0.15, -0.1) is 12.4 Å². The summed E-state index contributed by atoms with van der Waals surface area (Å²) in [5, 5.41) is 1.04. The van der Waals surface area contributed by atoms with E-state index >= 15 is 0 Å². The van der Waals surface area contributed by atoms with Crippen LogP contribution in [0.15, 0.2) is 65.1 Å². The molecule has 0 saturated carbocycles. The maximum Gasteiger partial charge on any atom is 0.227 e. The molecule has 5 heteroatoms. The maximum atomic E-state index is 12.7. The van der Waals surface area contributed by atoms with Gasteiger partial charge in [0.1, 0.15) is 11.3 Å². The number of hydrogen-bond donors (Lipinski definition) is 1. The number of nitrogens with zero attached hydrogens (tertiary/aromatic N) is 1. The molecular formula is C20H23ClN2O2. The van der Waals surface area contributed by atoms with Crippen molar-refractivity contribution in [1.29, 1.82) is 0 Å². The Morgan fingerprint density at radius 1 is 1.12 bits per heavy atom. The van der Waals surface area contributed by atoms with Crippen molar-refractivity contribution in [2.45, 2.75) is 19.5 Å². The number of carbonyl (C=O) groups is 1. The molecule has 2 unspecified atom stereocenters. The lowest BCUT2D eigenvalue weighted by molar-refractivity contribution is -0.135. The number of halogens is 1. The number of amides is 1. The van der Waals surface area contributed by atoms with E-state index in [0.717, 1.165) is 22.3 Å². The normalized spacial score (nSPS) is 13.1. The van der Waals surface area contributed by atoms with Gasteiger partial charge in [-0.2, -0.15) is 0 Å². The van der Waals surface area contributed by atoms with E-state index in [1.807, 2.05) is 67.6 Å². The quantitative estimate of drug-likeness (QED) is 0.745. The van der Waals surface area contributed by atoms with E-state index in [2.05, 4.69) is 0 Å². The van der Waals surface area contributed by atoms with Crippen molar-refractivity contribution >= 4 is 29.3 Å². The molecule has 0 spiro atoms. The highest BCUT2D eigenvalue weighted by atomic mass is 35.5. The lowest BCUT2D eigenvalue weighted by Crippen LogP contribution is -2.36. The van der Waals surface area contributed by atoms with Gasteiger partial charge in [0.15, 0.2) is 0 Å². The molecule has 0 bridgehead atoms. The molecule has 1 heterocycles. The van der Waals surface area contributed by atoms with Gasteiger partial charge in [-0.25, -0.2) is 0 Å². The Kier molecular flexibility index (Phi) is 6.23. The fourth-order valence-corrected chi connectivity index (χ4v) is 2.89. The minimum absolute atomic E-state index is 0. The van der Waals surface area contributed by atoms with Crippen molar-refractivity contribution in [1.82, 2.24) is 4.90 Å². The summed E-state index contributed by atoms with van der Waals surface area (Å²) in [6, 6.07) is 19.2. The molecule has 0 radical (unpaired) electrons. The van der Waals surface area contributed by atoms with Crippen LogP contribution in [0.2, 0.25) is 0 Å². The van der Waals surface area contributed by atoms with Crippen LogP contribution in [0.25, 0.3) is 11.0 Å². The molecule has 3 rings (SSSR count). The van der Waals surface area contributed by atoms with Crippen molar-refractivity contribution in [2.75, 3.05) is 7.05 Å². The van der Waals surface area contributed by atoms with Crippen LogP contribution >= 0.6 is 12.4 Å². The first-order chi connectivity index (χ1) is 11.6. The zero-order chi connectivity index (χ0) is 17.1. The van der Waals surface area contributed by atoms with Crippen LogP contribution in [-0.4, -0.2) is 17.9 Å². The molecule has 0 aliphatic carbocycles. The average molecular weight is 359 g/mol. The second kappa shape index (κ2) is 8.19. The van der Waals surface area contributed by atoms with Crippen LogP contribution in [0.3, 0.4) is 0 Å². The Bertz CT molecular complexity index is 799. The number of fused-ring (bicyclic) bond motifs is 1. The third-order valence-electron chi connectivity index (χ3n) is 4.36. The van der Waals surface area contributed by atoms with Gasteiger partial charge in [-0.05, 0) is 17.7 Å². The number of furan rings is 1.